The van der Waals surface area contributed by atoms with Gasteiger partial charge in [-0.15, -0.1) is 0 Å². The van der Waals surface area contributed by atoms with Crippen molar-refractivity contribution in [2.24, 2.45) is 0 Å². The molecular weight excluding hydrogens is 392 g/mol. The summed E-state index contributed by atoms with van der Waals surface area (Å²) in [5, 5.41) is 13.4. The van der Waals surface area contributed by atoms with E-state index in [1.807, 2.05) is 19.3 Å². The highest BCUT2D eigenvalue weighted by molar-refractivity contribution is 5.88. The summed E-state index contributed by atoms with van der Waals surface area (Å²) in [5.74, 6) is 0. The molecule has 3 aromatic carbocycles. The maximum absolute atomic E-state index is 10.2. The predicted octanol–water partition coefficient (Wildman–Crippen LogP) is 5.93. The molecule has 0 unspecified atom stereocenters. The topological polar surface area (TPSA) is 45.2 Å². The Morgan fingerprint density at radius 2 is 1.62 bits per heavy atom. The first kappa shape index (κ1) is 20.6. The third kappa shape index (κ3) is 3.26. The maximum atomic E-state index is 10.2. The molecule has 1 heterocycles. The first-order chi connectivity index (χ1) is 15.5. The first-order valence-electron chi connectivity index (χ1n) is 11.1. The number of rotatable bonds is 5. The lowest BCUT2D eigenvalue weighted by molar-refractivity contribution is 0.282. The lowest BCUT2D eigenvalue weighted by Crippen LogP contribution is -2.16. The molecule has 4 aromatic rings. The molecule has 1 aliphatic rings. The van der Waals surface area contributed by atoms with Crippen LogP contribution in [-0.2, 0) is 18.6 Å². The number of aliphatic hydroxyl groups is 1. The summed E-state index contributed by atoms with van der Waals surface area (Å²) >= 11 is 0. The molecule has 160 valence electrons. The van der Waals surface area contributed by atoms with E-state index < -0.39 is 0 Å². The van der Waals surface area contributed by atoms with Crippen molar-refractivity contribution in [2.75, 3.05) is 7.05 Å². The summed E-state index contributed by atoms with van der Waals surface area (Å²) in [6.07, 6.45) is 1.83. The first-order valence-corrected chi connectivity index (χ1v) is 11.1. The Balaban J connectivity index is 1.64. The lowest BCUT2D eigenvalue weighted by atomic mass is 9.78. The Kier molecular flexibility index (Phi) is 5.16. The van der Waals surface area contributed by atoms with Crippen molar-refractivity contribution in [2.45, 2.75) is 32.4 Å². The van der Waals surface area contributed by atoms with Crippen molar-refractivity contribution >= 4 is 0 Å². The molecule has 0 saturated carbocycles. The zero-order valence-corrected chi connectivity index (χ0v) is 18.8. The van der Waals surface area contributed by atoms with Crippen molar-refractivity contribution < 1.29 is 5.11 Å². The van der Waals surface area contributed by atoms with Crippen LogP contribution in [0.1, 0.15) is 36.1 Å². The molecule has 2 N–H and O–H groups in total. The van der Waals surface area contributed by atoms with Gasteiger partial charge in [-0.1, -0.05) is 68.4 Å². The fourth-order valence-corrected chi connectivity index (χ4v) is 5.17. The van der Waals surface area contributed by atoms with Crippen molar-refractivity contribution in [3.05, 3.63) is 101 Å². The number of aromatic nitrogens is 1. The second kappa shape index (κ2) is 8.01. The number of fused-ring (bicyclic) bond motifs is 3. The molecule has 3 heteroatoms. The van der Waals surface area contributed by atoms with Gasteiger partial charge < -0.3 is 10.4 Å². The van der Waals surface area contributed by atoms with Crippen LogP contribution in [0.2, 0.25) is 0 Å². The third-order valence-electron chi connectivity index (χ3n) is 6.65. The molecule has 0 fully saturated rings. The molecule has 3 nitrogen and oxygen atoms in total. The van der Waals surface area contributed by atoms with Gasteiger partial charge in [-0.05, 0) is 69.8 Å². The van der Waals surface area contributed by atoms with E-state index in [2.05, 4.69) is 90.9 Å². The van der Waals surface area contributed by atoms with Gasteiger partial charge in [0, 0.05) is 23.7 Å². The maximum Gasteiger partial charge on any atom is 0.0708 e. The van der Waals surface area contributed by atoms with Gasteiger partial charge in [-0.2, -0.15) is 0 Å². The summed E-state index contributed by atoms with van der Waals surface area (Å²) in [5.41, 5.74) is 11.5. The normalized spacial score (nSPS) is 13.6. The second-order valence-corrected chi connectivity index (χ2v) is 9.01. The molecule has 0 atom stereocenters. The summed E-state index contributed by atoms with van der Waals surface area (Å²) in [6.45, 7) is 5.37. The van der Waals surface area contributed by atoms with Crippen LogP contribution in [0.15, 0.2) is 79.0 Å². The Labute approximate surface area is 189 Å². The number of benzene rings is 3. The molecule has 0 radical (unpaired) electrons. The number of hydrogen-bond donors (Lipinski definition) is 2. The molecule has 0 spiro atoms. The average molecular weight is 421 g/mol. The summed E-state index contributed by atoms with van der Waals surface area (Å²) in [7, 11) is 1.94. The van der Waals surface area contributed by atoms with Gasteiger partial charge in [0.15, 0.2) is 0 Å². The Hall–Kier alpha value is -3.27. The van der Waals surface area contributed by atoms with E-state index >= 15 is 0 Å². The van der Waals surface area contributed by atoms with Crippen LogP contribution in [-0.4, -0.2) is 17.1 Å². The minimum atomic E-state index is -0.0798. The quantitative estimate of drug-likeness (QED) is 0.420. The van der Waals surface area contributed by atoms with E-state index in [4.69, 9.17) is 0 Å². The number of nitrogens with zero attached hydrogens (tertiary/aromatic N) is 1. The van der Waals surface area contributed by atoms with E-state index in [0.29, 0.717) is 0 Å². The highest BCUT2D eigenvalue weighted by atomic mass is 16.3. The van der Waals surface area contributed by atoms with Crippen LogP contribution in [0.25, 0.3) is 33.5 Å². The average Bonchev–Trinajstić information content (AvgIpc) is 3.06. The van der Waals surface area contributed by atoms with Crippen molar-refractivity contribution in [1.82, 2.24) is 10.3 Å². The standard InChI is InChI=1S/C29H28N2O/c1-29(2)26-10-5-4-7-24(26)25-9-6-8-23(28(25)29)20-11-12-22(21(16-20)18-32)27-15-19(17-30-3)13-14-31-27/h4-16,30,32H,17-18H2,1-3H3. The number of aliphatic hydroxyl groups excluding tert-OH is 1. The molecule has 0 amide bonds. The largest absolute Gasteiger partial charge is 0.392 e. The predicted molar refractivity (Wildman–Crippen MR) is 131 cm³/mol. The highest BCUT2D eigenvalue weighted by Crippen LogP contribution is 2.52. The Morgan fingerprint density at radius 3 is 2.44 bits per heavy atom. The van der Waals surface area contributed by atoms with Crippen LogP contribution in [0.3, 0.4) is 0 Å². The van der Waals surface area contributed by atoms with Crippen LogP contribution in [0, 0.1) is 0 Å². The molecule has 5 rings (SSSR count). The summed E-state index contributed by atoms with van der Waals surface area (Å²) < 4.78 is 0. The smallest absolute Gasteiger partial charge is 0.0708 e. The molecule has 0 bridgehead atoms. The van der Waals surface area contributed by atoms with Gasteiger partial charge >= 0.3 is 0 Å². The van der Waals surface area contributed by atoms with Gasteiger partial charge in [0.05, 0.1) is 12.3 Å². The molecule has 0 aliphatic heterocycles. The molecule has 1 aliphatic carbocycles. The number of nitrogens with one attached hydrogen (secondary N) is 1. The van der Waals surface area contributed by atoms with E-state index in [-0.39, 0.29) is 12.0 Å². The van der Waals surface area contributed by atoms with E-state index in [0.717, 1.165) is 28.9 Å². The minimum absolute atomic E-state index is 0.0280. The fraction of sp³-hybridized carbons (Fsp3) is 0.207. The summed E-state index contributed by atoms with van der Waals surface area (Å²) in [4.78, 5) is 4.57. The second-order valence-electron chi connectivity index (χ2n) is 9.01. The van der Waals surface area contributed by atoms with E-state index in [9.17, 15) is 5.11 Å². The van der Waals surface area contributed by atoms with Crippen LogP contribution in [0.5, 0.6) is 0 Å². The third-order valence-corrected chi connectivity index (χ3v) is 6.65. The van der Waals surface area contributed by atoms with E-state index in [1.54, 1.807) is 0 Å². The van der Waals surface area contributed by atoms with Gasteiger partial charge in [-0.3, -0.25) is 4.98 Å². The Bertz CT molecular complexity index is 1310. The fourth-order valence-electron chi connectivity index (χ4n) is 5.17. The Morgan fingerprint density at radius 1 is 0.844 bits per heavy atom. The molecule has 1 aromatic heterocycles. The highest BCUT2D eigenvalue weighted by Gasteiger charge is 2.37. The zero-order chi connectivity index (χ0) is 22.3. The van der Waals surface area contributed by atoms with Crippen LogP contribution < -0.4 is 5.32 Å². The van der Waals surface area contributed by atoms with Gasteiger partial charge in [0.1, 0.15) is 0 Å². The monoisotopic (exact) mass is 420 g/mol. The number of pyridine rings is 1. The van der Waals surface area contributed by atoms with Gasteiger partial charge in [0.2, 0.25) is 0 Å². The summed E-state index contributed by atoms with van der Waals surface area (Å²) in [6, 6.07) is 25.8. The molecular formula is C29H28N2O. The van der Waals surface area contributed by atoms with Crippen molar-refractivity contribution in [3.8, 4) is 33.5 Å². The van der Waals surface area contributed by atoms with Crippen molar-refractivity contribution in [3.63, 3.8) is 0 Å². The van der Waals surface area contributed by atoms with Crippen LogP contribution in [0.4, 0.5) is 0 Å². The van der Waals surface area contributed by atoms with Gasteiger partial charge in [-0.25, -0.2) is 0 Å². The number of hydrogen-bond acceptors (Lipinski definition) is 3. The lowest BCUT2D eigenvalue weighted by Gasteiger charge is -2.25. The van der Waals surface area contributed by atoms with Crippen molar-refractivity contribution in [1.29, 1.82) is 0 Å². The molecule has 0 saturated heterocycles. The minimum Gasteiger partial charge on any atom is -0.392 e. The SMILES string of the molecule is CNCc1ccnc(-c2ccc(-c3cccc4c3C(C)(C)c3ccccc3-4)cc2CO)c1. The van der Waals surface area contributed by atoms with Crippen LogP contribution >= 0.6 is 0 Å². The zero-order valence-electron chi connectivity index (χ0n) is 18.8. The van der Waals surface area contributed by atoms with Gasteiger partial charge in [0.25, 0.3) is 0 Å². The van der Waals surface area contributed by atoms with E-state index in [1.165, 1.54) is 33.4 Å². The molecule has 32 heavy (non-hydrogen) atoms.